The van der Waals surface area contributed by atoms with E-state index in [1.165, 1.54) is 59.2 Å². The minimum absolute atomic E-state index is 0.621. The van der Waals surface area contributed by atoms with E-state index in [0.29, 0.717) is 17.5 Å². The lowest BCUT2D eigenvalue weighted by molar-refractivity contribution is 1.08. The van der Waals surface area contributed by atoms with Gasteiger partial charge in [-0.3, -0.25) is 0 Å². The van der Waals surface area contributed by atoms with Gasteiger partial charge in [-0.15, -0.1) is 0 Å². The van der Waals surface area contributed by atoms with Crippen LogP contribution in [0.2, 0.25) is 0 Å². The highest BCUT2D eigenvalue weighted by molar-refractivity contribution is 6.37. The summed E-state index contributed by atoms with van der Waals surface area (Å²) < 4.78 is 2.35. The second-order valence-corrected chi connectivity index (χ2v) is 17.1. The maximum absolute atomic E-state index is 5.53. The van der Waals surface area contributed by atoms with Gasteiger partial charge in [-0.1, -0.05) is 182 Å². The average molecular weight is 825 g/mol. The molecule has 0 bridgehead atoms. The molecule has 0 aliphatic carbocycles. The van der Waals surface area contributed by atoms with Crippen molar-refractivity contribution in [2.45, 2.75) is 0 Å². The molecule has 0 aliphatic heterocycles. The average Bonchev–Trinajstić information content (AvgIpc) is 3.72. The molecule has 12 aromatic carbocycles. The maximum Gasteiger partial charge on any atom is 0.164 e. The van der Waals surface area contributed by atoms with E-state index in [0.717, 1.165) is 60.7 Å². The smallest absolute Gasteiger partial charge is 0.164 e. The molecule has 0 atom stereocenters. The number of hydrogen-bond acceptors (Lipinski definition) is 3. The quantitative estimate of drug-likeness (QED) is 0.162. The molecule has 0 saturated heterocycles. The first kappa shape index (κ1) is 35.8. The minimum Gasteiger partial charge on any atom is -0.309 e. The van der Waals surface area contributed by atoms with E-state index in [9.17, 15) is 0 Å². The highest BCUT2D eigenvalue weighted by atomic mass is 15.0. The molecule has 4 nitrogen and oxygen atoms in total. The van der Waals surface area contributed by atoms with Gasteiger partial charge in [0.25, 0.3) is 0 Å². The first-order valence-corrected chi connectivity index (χ1v) is 22.2. The summed E-state index contributed by atoms with van der Waals surface area (Å²) in [5.41, 5.74) is 8.32. The minimum atomic E-state index is 0.621. The molecular formula is C61H36N4. The second-order valence-electron chi connectivity index (χ2n) is 17.1. The summed E-state index contributed by atoms with van der Waals surface area (Å²) in [4.78, 5) is 16.5. The molecule has 0 unspecified atom stereocenters. The Kier molecular flexibility index (Phi) is 7.65. The molecule has 4 heteroatoms. The fourth-order valence-corrected chi connectivity index (χ4v) is 10.8. The molecule has 0 N–H and O–H groups in total. The fraction of sp³-hybridized carbons (Fsp3) is 0. The zero-order chi connectivity index (χ0) is 42.6. The second kappa shape index (κ2) is 13.9. The molecule has 14 rings (SSSR count). The molecule has 0 spiro atoms. The molecular weight excluding hydrogens is 789 g/mol. The van der Waals surface area contributed by atoms with Gasteiger partial charge in [0.15, 0.2) is 17.5 Å². The van der Waals surface area contributed by atoms with Crippen molar-refractivity contribution in [3.8, 4) is 51.0 Å². The van der Waals surface area contributed by atoms with Crippen molar-refractivity contribution in [2.24, 2.45) is 0 Å². The largest absolute Gasteiger partial charge is 0.309 e. The Balaban J connectivity index is 1.11. The van der Waals surface area contributed by atoms with Gasteiger partial charge in [0.2, 0.25) is 0 Å². The van der Waals surface area contributed by atoms with Gasteiger partial charge in [-0.2, -0.15) is 0 Å². The van der Waals surface area contributed by atoms with E-state index in [-0.39, 0.29) is 0 Å². The fourth-order valence-electron chi connectivity index (χ4n) is 10.8. The third-order valence-corrected chi connectivity index (χ3v) is 13.5. The number of para-hydroxylation sites is 2. The summed E-state index contributed by atoms with van der Waals surface area (Å²) in [6.07, 6.45) is 0. The zero-order valence-corrected chi connectivity index (χ0v) is 35.1. The molecule has 300 valence electrons. The summed E-state index contributed by atoms with van der Waals surface area (Å²) in [6.45, 7) is 0. The Morgan fingerprint density at radius 2 is 0.738 bits per heavy atom. The van der Waals surface area contributed by atoms with E-state index in [1.54, 1.807) is 0 Å². The Bertz CT molecular complexity index is 4220. The Hall–Kier alpha value is -8.73. The van der Waals surface area contributed by atoms with Crippen molar-refractivity contribution >= 4 is 86.4 Å². The SMILES string of the molecule is c1ccc(-c2ccccc2-c2nc(-c3cc4ccc5cccc6c7cccc8ccc9cccc(c(c3)c4c56)c9c87)nc(-c3cccc4c3c3ccccc3n4-c3ccccc3)n2)cc1. The van der Waals surface area contributed by atoms with E-state index in [2.05, 4.69) is 223 Å². The molecule has 0 radical (unpaired) electrons. The molecule has 0 aliphatic rings. The molecule has 2 heterocycles. The number of benzene rings is 11. The van der Waals surface area contributed by atoms with Crippen LogP contribution in [-0.2, 0) is 0 Å². The Morgan fingerprint density at radius 3 is 1.43 bits per heavy atom. The van der Waals surface area contributed by atoms with Crippen LogP contribution in [0.5, 0.6) is 0 Å². The lowest BCUT2D eigenvalue weighted by Crippen LogP contribution is -2.02. The van der Waals surface area contributed by atoms with Crippen LogP contribution in [0.1, 0.15) is 0 Å². The van der Waals surface area contributed by atoms with Crippen LogP contribution in [0.4, 0.5) is 0 Å². The lowest BCUT2D eigenvalue weighted by atomic mass is 9.87. The highest BCUT2D eigenvalue weighted by Crippen LogP contribution is 2.45. The molecule has 0 amide bonds. The van der Waals surface area contributed by atoms with Crippen LogP contribution < -0.4 is 0 Å². The molecule has 0 saturated carbocycles. The summed E-state index contributed by atoms with van der Waals surface area (Å²) in [6, 6.07) is 78.7. The third-order valence-electron chi connectivity index (χ3n) is 13.5. The van der Waals surface area contributed by atoms with Gasteiger partial charge < -0.3 is 4.57 Å². The van der Waals surface area contributed by atoms with Crippen molar-refractivity contribution in [1.82, 2.24) is 19.5 Å². The summed E-state index contributed by atoms with van der Waals surface area (Å²) in [5.74, 6) is 1.87. The number of nitrogens with zero attached hydrogens (tertiary/aromatic N) is 4. The van der Waals surface area contributed by atoms with Gasteiger partial charge in [-0.05, 0) is 112 Å². The predicted octanol–water partition coefficient (Wildman–Crippen LogP) is 16.0. The molecule has 2 aromatic heterocycles. The third kappa shape index (κ3) is 5.35. The first-order chi connectivity index (χ1) is 32.2. The van der Waals surface area contributed by atoms with Crippen molar-refractivity contribution in [2.75, 3.05) is 0 Å². The molecule has 0 fully saturated rings. The van der Waals surface area contributed by atoms with Crippen LogP contribution in [-0.4, -0.2) is 19.5 Å². The van der Waals surface area contributed by atoms with E-state index in [1.807, 2.05) is 0 Å². The van der Waals surface area contributed by atoms with Gasteiger partial charge in [0.05, 0.1) is 11.0 Å². The van der Waals surface area contributed by atoms with Crippen molar-refractivity contribution < 1.29 is 0 Å². The van der Waals surface area contributed by atoms with Crippen molar-refractivity contribution in [3.05, 3.63) is 218 Å². The summed E-state index contributed by atoms with van der Waals surface area (Å²) in [5, 5.41) is 17.0. The van der Waals surface area contributed by atoms with Crippen molar-refractivity contribution in [3.63, 3.8) is 0 Å². The van der Waals surface area contributed by atoms with E-state index < -0.39 is 0 Å². The van der Waals surface area contributed by atoms with Gasteiger partial charge in [0, 0.05) is 33.2 Å². The van der Waals surface area contributed by atoms with Gasteiger partial charge in [0.1, 0.15) is 0 Å². The molecule has 65 heavy (non-hydrogen) atoms. The van der Waals surface area contributed by atoms with Crippen LogP contribution in [0, 0.1) is 0 Å². The zero-order valence-electron chi connectivity index (χ0n) is 35.1. The predicted molar refractivity (Wildman–Crippen MR) is 272 cm³/mol. The number of aromatic nitrogens is 4. The topological polar surface area (TPSA) is 43.6 Å². The van der Waals surface area contributed by atoms with Crippen LogP contribution in [0.15, 0.2) is 218 Å². The van der Waals surface area contributed by atoms with Crippen LogP contribution in [0.3, 0.4) is 0 Å². The van der Waals surface area contributed by atoms with Crippen LogP contribution in [0.25, 0.3) is 137 Å². The van der Waals surface area contributed by atoms with Crippen LogP contribution >= 0.6 is 0 Å². The van der Waals surface area contributed by atoms with Gasteiger partial charge in [-0.25, -0.2) is 15.0 Å². The first-order valence-electron chi connectivity index (χ1n) is 22.2. The lowest BCUT2D eigenvalue weighted by Gasteiger charge is -2.17. The van der Waals surface area contributed by atoms with Gasteiger partial charge >= 0.3 is 0 Å². The normalized spacial score (nSPS) is 12.0. The Labute approximate surface area is 373 Å². The number of fused-ring (bicyclic) bond motifs is 5. The van der Waals surface area contributed by atoms with Crippen molar-refractivity contribution in [1.29, 1.82) is 0 Å². The standard InChI is InChI=1S/C61H36N4/c1-3-15-37(16-4-1)44-22-7-8-23-48(44)60-62-59(63-61(64-60)50-28-14-30-53-58(50)49-24-9-10-29-52(49)65(53)43-20-5-2-6-21-43)42-35-41-34-33-40-18-12-26-46-45-25-11-17-38-31-32-39-19-13-27-47(56(39)54(38)45)51(36-42)57(41)55(40)46/h1-36H. The van der Waals surface area contributed by atoms with E-state index >= 15 is 0 Å². The number of rotatable bonds is 5. The summed E-state index contributed by atoms with van der Waals surface area (Å²) in [7, 11) is 0. The highest BCUT2D eigenvalue weighted by Gasteiger charge is 2.22. The number of hydrogen-bond donors (Lipinski definition) is 0. The maximum atomic E-state index is 5.53. The summed E-state index contributed by atoms with van der Waals surface area (Å²) >= 11 is 0. The van der Waals surface area contributed by atoms with E-state index in [4.69, 9.17) is 15.0 Å². The molecule has 14 aromatic rings. The Morgan fingerprint density at radius 1 is 0.262 bits per heavy atom. The monoisotopic (exact) mass is 824 g/mol.